The zero-order chi connectivity index (χ0) is 15.1. The van der Waals surface area contributed by atoms with Crippen LogP contribution in [0.5, 0.6) is 0 Å². The number of para-hydroxylation sites is 1. The Morgan fingerprint density at radius 2 is 1.86 bits per heavy atom. The van der Waals surface area contributed by atoms with E-state index in [1.807, 2.05) is 23.1 Å². The Bertz CT molecular complexity index is 797. The molecule has 0 N–H and O–H groups in total. The molecule has 2 aromatic rings. The van der Waals surface area contributed by atoms with Gasteiger partial charge in [-0.2, -0.15) is 0 Å². The molecule has 0 bridgehead atoms. The monoisotopic (exact) mass is 294 g/mol. The molecule has 0 aromatic heterocycles. The molecule has 22 heavy (non-hydrogen) atoms. The lowest BCUT2D eigenvalue weighted by molar-refractivity contribution is -0.117. The predicted molar refractivity (Wildman–Crippen MR) is 84.0 cm³/mol. The van der Waals surface area contributed by atoms with E-state index in [0.29, 0.717) is 17.8 Å². The van der Waals surface area contributed by atoms with Crippen LogP contribution in [0.4, 0.5) is 10.1 Å². The summed E-state index contributed by atoms with van der Waals surface area (Å²) in [5.41, 5.74) is 3.94. The molecule has 2 aliphatic heterocycles. The molecule has 0 radical (unpaired) electrons. The summed E-state index contributed by atoms with van der Waals surface area (Å²) in [4.78, 5) is 18.6. The Morgan fingerprint density at radius 1 is 1.05 bits per heavy atom. The molecule has 0 saturated carbocycles. The molecular weight excluding hydrogens is 279 g/mol. The number of amides is 1. The van der Waals surface area contributed by atoms with E-state index >= 15 is 0 Å². The van der Waals surface area contributed by atoms with Crippen molar-refractivity contribution in [3.63, 3.8) is 0 Å². The molecule has 0 aliphatic carbocycles. The van der Waals surface area contributed by atoms with Crippen molar-refractivity contribution in [3.05, 3.63) is 65.0 Å². The third kappa shape index (κ3) is 1.95. The van der Waals surface area contributed by atoms with E-state index < -0.39 is 0 Å². The first-order valence-corrected chi connectivity index (χ1v) is 7.47. The Kier molecular flexibility index (Phi) is 3.03. The zero-order valence-corrected chi connectivity index (χ0v) is 12.1. The third-order valence-electron chi connectivity index (χ3n) is 4.27. The van der Waals surface area contributed by atoms with Gasteiger partial charge in [0.15, 0.2) is 0 Å². The van der Waals surface area contributed by atoms with Crippen LogP contribution in [0, 0.1) is 5.82 Å². The van der Waals surface area contributed by atoms with Crippen LogP contribution < -0.4 is 4.90 Å². The summed E-state index contributed by atoms with van der Waals surface area (Å²) < 4.78 is 14.2. The number of anilines is 1. The van der Waals surface area contributed by atoms with Gasteiger partial charge in [-0.1, -0.05) is 30.3 Å². The van der Waals surface area contributed by atoms with Gasteiger partial charge in [0.05, 0.1) is 11.4 Å². The second kappa shape index (κ2) is 5.05. The average Bonchev–Trinajstić information content (AvgIpc) is 2.68. The summed E-state index contributed by atoms with van der Waals surface area (Å²) in [7, 11) is 0. The van der Waals surface area contributed by atoms with Crippen LogP contribution in [0.1, 0.15) is 23.1 Å². The summed E-state index contributed by atoms with van der Waals surface area (Å²) in [5.74, 6) is -0.324. The van der Waals surface area contributed by atoms with Gasteiger partial charge in [0.2, 0.25) is 5.91 Å². The summed E-state index contributed by atoms with van der Waals surface area (Å²) in [6, 6.07) is 12.5. The van der Waals surface area contributed by atoms with E-state index in [2.05, 4.69) is 4.99 Å². The minimum Gasteiger partial charge on any atom is -0.310 e. The topological polar surface area (TPSA) is 32.7 Å². The van der Waals surface area contributed by atoms with E-state index in [1.54, 1.807) is 18.2 Å². The van der Waals surface area contributed by atoms with Crippen molar-refractivity contribution in [2.75, 3.05) is 18.0 Å². The minimum atomic E-state index is -0.310. The van der Waals surface area contributed by atoms with Crippen LogP contribution in [-0.4, -0.2) is 24.7 Å². The first-order valence-electron chi connectivity index (χ1n) is 7.47. The molecule has 2 aliphatic rings. The van der Waals surface area contributed by atoms with Gasteiger partial charge in [-0.05, 0) is 30.5 Å². The SMILES string of the molecule is O=C1CN=C(c2ccccc2F)c2cccc3c2N1CCC3. The Balaban J connectivity index is 1.98. The largest absolute Gasteiger partial charge is 0.310 e. The molecule has 4 heteroatoms. The van der Waals surface area contributed by atoms with Gasteiger partial charge in [-0.25, -0.2) is 4.39 Å². The van der Waals surface area contributed by atoms with Gasteiger partial charge >= 0.3 is 0 Å². The fourth-order valence-electron chi connectivity index (χ4n) is 3.29. The van der Waals surface area contributed by atoms with Crippen LogP contribution >= 0.6 is 0 Å². The maximum Gasteiger partial charge on any atom is 0.248 e. The van der Waals surface area contributed by atoms with Gasteiger partial charge in [-0.3, -0.25) is 9.79 Å². The number of carbonyl (C=O) groups excluding carboxylic acids is 1. The highest BCUT2D eigenvalue weighted by molar-refractivity contribution is 6.20. The van der Waals surface area contributed by atoms with Crippen molar-refractivity contribution in [1.82, 2.24) is 0 Å². The molecule has 4 rings (SSSR count). The molecule has 2 aromatic carbocycles. The van der Waals surface area contributed by atoms with Crippen LogP contribution in [0.2, 0.25) is 0 Å². The standard InChI is InChI=1S/C18H15FN2O/c19-15-9-2-1-7-13(15)17-14-8-3-5-12-6-4-10-21(18(12)14)16(22)11-20-17/h1-3,5,7-9H,4,6,10-11H2. The summed E-state index contributed by atoms with van der Waals surface area (Å²) in [6.07, 6.45) is 1.90. The van der Waals surface area contributed by atoms with Crippen molar-refractivity contribution in [1.29, 1.82) is 0 Å². The smallest absolute Gasteiger partial charge is 0.248 e. The van der Waals surface area contributed by atoms with Gasteiger partial charge in [-0.15, -0.1) is 0 Å². The molecule has 3 nitrogen and oxygen atoms in total. The first kappa shape index (κ1) is 13.2. The normalized spacial score (nSPS) is 16.9. The molecule has 0 atom stereocenters. The average molecular weight is 294 g/mol. The molecule has 110 valence electrons. The number of halogens is 1. The van der Waals surface area contributed by atoms with E-state index in [4.69, 9.17) is 0 Å². The highest BCUT2D eigenvalue weighted by Gasteiger charge is 2.30. The minimum absolute atomic E-state index is 0.0141. The maximum atomic E-state index is 14.2. The van der Waals surface area contributed by atoms with Gasteiger partial charge in [0.25, 0.3) is 0 Å². The third-order valence-corrected chi connectivity index (χ3v) is 4.27. The molecular formula is C18H15FN2O. The van der Waals surface area contributed by atoms with Crippen molar-refractivity contribution in [2.24, 2.45) is 4.99 Å². The van der Waals surface area contributed by atoms with Crippen molar-refractivity contribution >= 4 is 17.3 Å². The Labute approximate surface area is 128 Å². The highest BCUT2D eigenvalue weighted by atomic mass is 19.1. The summed E-state index contributed by atoms with van der Waals surface area (Å²) in [6.45, 7) is 0.778. The molecule has 0 spiro atoms. The lowest BCUT2D eigenvalue weighted by atomic mass is 9.93. The summed E-state index contributed by atoms with van der Waals surface area (Å²) in [5, 5.41) is 0. The molecule has 0 saturated heterocycles. The number of rotatable bonds is 1. The molecule has 2 heterocycles. The van der Waals surface area contributed by atoms with E-state index in [9.17, 15) is 9.18 Å². The van der Waals surface area contributed by atoms with E-state index in [-0.39, 0.29) is 18.3 Å². The number of aryl methyl sites for hydroxylation is 1. The zero-order valence-electron chi connectivity index (χ0n) is 12.1. The molecule has 1 amide bonds. The van der Waals surface area contributed by atoms with E-state index in [0.717, 1.165) is 29.7 Å². The number of hydrogen-bond donors (Lipinski definition) is 0. The number of nitrogens with zero attached hydrogens (tertiary/aromatic N) is 2. The summed E-state index contributed by atoms with van der Waals surface area (Å²) >= 11 is 0. The first-order chi connectivity index (χ1) is 10.8. The van der Waals surface area contributed by atoms with Crippen LogP contribution in [0.15, 0.2) is 47.5 Å². The lowest BCUT2D eigenvalue weighted by Crippen LogP contribution is -2.36. The van der Waals surface area contributed by atoms with E-state index in [1.165, 1.54) is 6.07 Å². The number of aliphatic imine (C=N–C) groups is 1. The fourth-order valence-corrected chi connectivity index (χ4v) is 3.29. The lowest BCUT2D eigenvalue weighted by Gasteiger charge is -2.30. The van der Waals surface area contributed by atoms with Crippen molar-refractivity contribution in [3.8, 4) is 0 Å². The van der Waals surface area contributed by atoms with Crippen LogP contribution in [0.25, 0.3) is 0 Å². The predicted octanol–water partition coefficient (Wildman–Crippen LogP) is 2.96. The second-order valence-corrected chi connectivity index (χ2v) is 5.61. The Hall–Kier alpha value is -2.49. The van der Waals surface area contributed by atoms with Gasteiger partial charge in [0, 0.05) is 17.7 Å². The number of carbonyl (C=O) groups is 1. The molecule has 0 unspecified atom stereocenters. The van der Waals surface area contributed by atoms with Gasteiger partial charge < -0.3 is 4.90 Å². The highest BCUT2D eigenvalue weighted by Crippen LogP contribution is 2.34. The molecule has 0 fully saturated rings. The van der Waals surface area contributed by atoms with Gasteiger partial charge in [0.1, 0.15) is 12.4 Å². The van der Waals surface area contributed by atoms with Crippen LogP contribution in [0.3, 0.4) is 0 Å². The van der Waals surface area contributed by atoms with Crippen molar-refractivity contribution in [2.45, 2.75) is 12.8 Å². The Morgan fingerprint density at radius 3 is 2.73 bits per heavy atom. The maximum absolute atomic E-state index is 14.2. The fraction of sp³-hybridized carbons (Fsp3) is 0.222. The van der Waals surface area contributed by atoms with Crippen molar-refractivity contribution < 1.29 is 9.18 Å². The quantitative estimate of drug-likeness (QED) is 0.796. The van der Waals surface area contributed by atoms with Crippen LogP contribution in [-0.2, 0) is 11.2 Å². The second-order valence-electron chi connectivity index (χ2n) is 5.61. The number of hydrogen-bond acceptors (Lipinski definition) is 2. The number of benzene rings is 2.